The number of hydrogen-bond acceptors (Lipinski definition) is 9. The van der Waals surface area contributed by atoms with E-state index in [1.807, 2.05) is 24.3 Å². The van der Waals surface area contributed by atoms with Crippen LogP contribution in [0.1, 0.15) is 112 Å². The number of nitrogens with two attached hydrogens (primary N) is 1. The number of Topliss-reactive ketones (excluding diaryl/α,β-unsaturated/α-hetero) is 2. The van der Waals surface area contributed by atoms with E-state index in [4.69, 9.17) is 10.5 Å². The standard InChI is InChI=1S/C52H63N3O6/c1-61-48-24-37-10-15-49(59)52(20-17-35(25-50(52)60)34-9-13-42-39(23-34)30-55-46-28-41(57)12-14-43(42)46)19-16-32(45(37)29-47(48)58)8-11-40(56)27-44(38-18-21-54-51(53)26-38)36-7-6-31-4-2-3-5-33(31)22-36/h2-7,18,22,24,26,29,32,34-35,39-40,42-44,46,50,54-56,58,60H,8-15,17,20-21,23,25,27-28,30,53H2,1H3. The summed E-state index contributed by atoms with van der Waals surface area (Å²) in [5.74, 6) is 10.6. The van der Waals surface area contributed by atoms with E-state index in [1.54, 1.807) is 6.07 Å². The summed E-state index contributed by atoms with van der Waals surface area (Å²) in [5, 5.41) is 44.3. The van der Waals surface area contributed by atoms with Gasteiger partial charge in [-0.1, -0.05) is 60.4 Å². The van der Waals surface area contributed by atoms with Gasteiger partial charge in [0.2, 0.25) is 0 Å². The van der Waals surface area contributed by atoms with E-state index in [-0.39, 0.29) is 29.8 Å². The minimum Gasteiger partial charge on any atom is -0.504 e. The van der Waals surface area contributed by atoms with E-state index < -0.39 is 17.6 Å². The van der Waals surface area contributed by atoms with Gasteiger partial charge in [0.15, 0.2) is 17.3 Å². The molecule has 4 aliphatic carbocycles. The number of ketones is 2. The van der Waals surface area contributed by atoms with Gasteiger partial charge in [-0.25, -0.2) is 0 Å². The van der Waals surface area contributed by atoms with Crippen LogP contribution in [0.2, 0.25) is 0 Å². The number of aliphatic hydroxyl groups is 2. The third-order valence-electron chi connectivity index (χ3n) is 15.9. The smallest absolute Gasteiger partial charge is 0.160 e. The van der Waals surface area contributed by atoms with Crippen LogP contribution in [0.5, 0.6) is 11.5 Å². The molecule has 1 saturated heterocycles. The Morgan fingerprint density at radius 3 is 2.61 bits per heavy atom. The lowest BCUT2D eigenvalue weighted by molar-refractivity contribution is -0.135. The molecule has 3 aromatic rings. The topological polar surface area (TPSA) is 154 Å². The highest BCUT2D eigenvalue weighted by Crippen LogP contribution is 2.52. The lowest BCUT2D eigenvalue weighted by atomic mass is 9.57. The number of allylic oxidation sites excluding steroid dienone is 2. The second kappa shape index (κ2) is 17.6. The fourth-order valence-electron chi connectivity index (χ4n) is 12.6. The fourth-order valence-corrected chi connectivity index (χ4v) is 12.6. The molecule has 9 rings (SSSR count). The zero-order valence-electron chi connectivity index (χ0n) is 35.6. The van der Waals surface area contributed by atoms with E-state index in [1.165, 1.54) is 13.5 Å². The van der Waals surface area contributed by atoms with Gasteiger partial charge in [-0.3, -0.25) is 9.59 Å². The zero-order valence-corrected chi connectivity index (χ0v) is 35.6. The summed E-state index contributed by atoms with van der Waals surface area (Å²) < 4.78 is 5.52. The molecule has 9 nitrogen and oxygen atoms in total. The highest BCUT2D eigenvalue weighted by Gasteiger charge is 2.51. The van der Waals surface area contributed by atoms with Gasteiger partial charge in [0.05, 0.1) is 25.1 Å². The number of aromatic hydroxyl groups is 1. The Balaban J connectivity index is 0.939. The molecule has 0 amide bonds. The van der Waals surface area contributed by atoms with E-state index >= 15 is 0 Å². The minimum absolute atomic E-state index is 0.0106. The monoisotopic (exact) mass is 825 g/mol. The average molecular weight is 826 g/mol. The van der Waals surface area contributed by atoms with E-state index in [0.717, 1.165) is 71.7 Å². The molecule has 11 unspecified atom stereocenters. The second-order valence-electron chi connectivity index (χ2n) is 19.3. The van der Waals surface area contributed by atoms with Crippen molar-refractivity contribution in [3.8, 4) is 23.3 Å². The van der Waals surface area contributed by atoms with Gasteiger partial charge in [-0.2, -0.15) is 0 Å². The van der Waals surface area contributed by atoms with E-state index in [2.05, 4.69) is 58.9 Å². The molecular weight excluding hydrogens is 763 g/mol. The maximum Gasteiger partial charge on any atom is 0.160 e. The molecule has 6 aliphatic rings. The number of nitrogens with one attached hydrogen (secondary N) is 2. The van der Waals surface area contributed by atoms with Gasteiger partial charge < -0.3 is 36.4 Å². The van der Waals surface area contributed by atoms with Crippen molar-refractivity contribution in [2.24, 2.45) is 40.7 Å². The number of carbonyl (C=O) groups is 2. The number of methoxy groups -OCH3 is 1. The van der Waals surface area contributed by atoms with Crippen LogP contribution >= 0.6 is 0 Å². The van der Waals surface area contributed by atoms with Gasteiger partial charge in [-0.15, -0.1) is 0 Å². The average Bonchev–Trinajstić information content (AvgIpc) is 3.32. The lowest BCUT2D eigenvalue weighted by Gasteiger charge is -2.51. The number of aliphatic hydroxyl groups excluding tert-OH is 2. The Morgan fingerprint density at radius 1 is 0.951 bits per heavy atom. The molecule has 3 aromatic carbocycles. The third-order valence-corrected chi connectivity index (χ3v) is 15.9. The number of rotatable bonds is 9. The Bertz CT molecular complexity index is 2270. The highest BCUT2D eigenvalue weighted by molar-refractivity contribution is 5.89. The number of dihydropyridines is 1. The van der Waals surface area contributed by atoms with Crippen LogP contribution in [0.15, 0.2) is 78.1 Å². The summed E-state index contributed by atoms with van der Waals surface area (Å²) in [7, 11) is 1.53. The van der Waals surface area contributed by atoms with Crippen molar-refractivity contribution in [2.45, 2.75) is 120 Å². The lowest BCUT2D eigenvalue weighted by Crippen LogP contribution is -2.55. The first-order chi connectivity index (χ1) is 29.6. The number of benzene rings is 3. The van der Waals surface area contributed by atoms with Gasteiger partial charge in [0.1, 0.15) is 11.2 Å². The van der Waals surface area contributed by atoms with Gasteiger partial charge in [-0.05, 0) is 158 Å². The van der Waals surface area contributed by atoms with Crippen molar-refractivity contribution in [1.82, 2.24) is 10.6 Å². The molecular formula is C52H63N3O6. The molecule has 3 saturated carbocycles. The first-order valence-electron chi connectivity index (χ1n) is 23.0. The van der Waals surface area contributed by atoms with Crippen LogP contribution in [0.3, 0.4) is 0 Å². The van der Waals surface area contributed by atoms with Crippen molar-refractivity contribution in [3.05, 3.63) is 94.8 Å². The quantitative estimate of drug-likeness (QED) is 0.122. The maximum absolute atomic E-state index is 14.4. The number of carbonyl (C=O) groups excluding carboxylic acids is 2. The number of aryl methyl sites for hydroxylation is 1. The summed E-state index contributed by atoms with van der Waals surface area (Å²) in [5.41, 5.74) is 9.03. The Labute approximate surface area is 360 Å². The number of phenolic OH excluding ortho intramolecular Hbond substituents is 1. The largest absolute Gasteiger partial charge is 0.504 e. The molecule has 0 radical (unpaired) electrons. The van der Waals surface area contributed by atoms with Crippen LogP contribution in [-0.2, 0) is 16.0 Å². The Hall–Kier alpha value is -4.62. The molecule has 9 heteroatoms. The van der Waals surface area contributed by atoms with E-state index in [0.29, 0.717) is 104 Å². The summed E-state index contributed by atoms with van der Waals surface area (Å²) in [6.45, 7) is 1.59. The molecule has 61 heavy (non-hydrogen) atoms. The molecule has 2 heterocycles. The van der Waals surface area contributed by atoms with Crippen LogP contribution < -0.4 is 21.1 Å². The molecule has 0 bridgehead atoms. The number of hydrogen-bond donors (Lipinski definition) is 6. The SMILES string of the molecule is COc1cc2c(cc1O)C(CCC(O)CC(C1=CCNC(N)=C1)c1ccc3ccccc3c1)C#CC1(CCC(C3CCC4C(CNC5CC(=O)CCC54)C3)CC1O)C(=O)CC2. The minimum atomic E-state index is -1.15. The van der Waals surface area contributed by atoms with Crippen molar-refractivity contribution >= 4 is 22.3 Å². The number of phenols is 1. The molecule has 7 N–H and O–H groups in total. The number of ether oxygens (including phenoxy) is 1. The summed E-state index contributed by atoms with van der Waals surface area (Å²) in [6.07, 6.45) is 12.6. The first kappa shape index (κ1) is 41.7. The first-order valence-corrected chi connectivity index (χ1v) is 23.0. The van der Waals surface area contributed by atoms with Crippen molar-refractivity contribution in [1.29, 1.82) is 0 Å². The molecule has 11 atom stereocenters. The third kappa shape index (κ3) is 8.48. The van der Waals surface area contributed by atoms with Crippen LogP contribution in [0, 0.1) is 46.8 Å². The molecule has 2 aliphatic heterocycles. The van der Waals surface area contributed by atoms with E-state index in [9.17, 15) is 24.9 Å². The summed E-state index contributed by atoms with van der Waals surface area (Å²) in [4.78, 5) is 26.6. The molecule has 1 spiro atoms. The maximum atomic E-state index is 14.4. The molecule has 4 fully saturated rings. The molecule has 0 aromatic heterocycles. The van der Waals surface area contributed by atoms with Crippen LogP contribution in [0.4, 0.5) is 0 Å². The number of fused-ring (bicyclic) bond motifs is 5. The van der Waals surface area contributed by atoms with Gasteiger partial charge in [0.25, 0.3) is 0 Å². The predicted octanol–water partition coefficient (Wildman–Crippen LogP) is 7.32. The van der Waals surface area contributed by atoms with Crippen LogP contribution in [0.25, 0.3) is 10.8 Å². The normalized spacial score (nSPS) is 32.2. The van der Waals surface area contributed by atoms with Crippen molar-refractivity contribution < 1.29 is 29.6 Å². The van der Waals surface area contributed by atoms with Gasteiger partial charge in [0, 0.05) is 43.7 Å². The van der Waals surface area contributed by atoms with Crippen LogP contribution in [-0.4, -0.2) is 65.3 Å². The second-order valence-corrected chi connectivity index (χ2v) is 19.3. The fraction of sp³-hybridized carbons (Fsp3) is 0.538. The molecule has 322 valence electrons. The summed E-state index contributed by atoms with van der Waals surface area (Å²) in [6, 6.07) is 18.7. The zero-order chi connectivity index (χ0) is 42.3. The van der Waals surface area contributed by atoms with Crippen molar-refractivity contribution in [2.75, 3.05) is 20.2 Å². The Morgan fingerprint density at radius 2 is 1.79 bits per heavy atom. The van der Waals surface area contributed by atoms with Crippen molar-refractivity contribution in [3.63, 3.8) is 0 Å². The highest BCUT2D eigenvalue weighted by atomic mass is 16.5. The Kier molecular flexibility index (Phi) is 12.1. The number of piperidine rings is 1. The van der Waals surface area contributed by atoms with Gasteiger partial charge >= 0.3 is 0 Å². The summed E-state index contributed by atoms with van der Waals surface area (Å²) >= 11 is 0. The predicted molar refractivity (Wildman–Crippen MR) is 238 cm³/mol.